The van der Waals surface area contributed by atoms with Gasteiger partial charge in [0.2, 0.25) is 5.90 Å². The number of ether oxygens (including phenoxy) is 1. The first kappa shape index (κ1) is 12.7. The molecule has 0 amide bonds. The van der Waals surface area contributed by atoms with Gasteiger partial charge in [-0.2, -0.15) is 0 Å². The van der Waals surface area contributed by atoms with Gasteiger partial charge >= 0.3 is 0 Å². The molecule has 3 heteroatoms. The predicted molar refractivity (Wildman–Crippen MR) is 75.6 cm³/mol. The Balaban J connectivity index is 2.34. The third-order valence-electron chi connectivity index (χ3n) is 3.32. The Morgan fingerprint density at radius 3 is 2.67 bits per heavy atom. The average Bonchev–Trinajstić information content (AvgIpc) is 2.95. The Kier molecular flexibility index (Phi) is 3.16. The Bertz CT molecular complexity index is 489. The molecule has 1 aromatic rings. The van der Waals surface area contributed by atoms with Crippen molar-refractivity contribution in [2.24, 2.45) is 10.4 Å². The Morgan fingerprint density at radius 1 is 1.39 bits per heavy atom. The summed E-state index contributed by atoms with van der Waals surface area (Å²) >= 11 is 0. The summed E-state index contributed by atoms with van der Waals surface area (Å²) in [5.74, 6) is 0.682. The Labute approximate surface area is 108 Å². The minimum atomic E-state index is -0.344. The number of aliphatic imine (C=N–C) groups is 1. The summed E-state index contributed by atoms with van der Waals surface area (Å²) in [6, 6.07) is 4.02. The van der Waals surface area contributed by atoms with E-state index < -0.39 is 0 Å². The molecule has 0 saturated heterocycles. The van der Waals surface area contributed by atoms with E-state index in [1.165, 1.54) is 0 Å². The highest BCUT2D eigenvalue weighted by atomic mass is 16.5. The first-order valence-electron chi connectivity index (χ1n) is 6.12. The summed E-state index contributed by atoms with van der Waals surface area (Å²) in [7, 11) is 1.65. The molecule has 0 bridgehead atoms. The monoisotopic (exact) mass is 244 g/mol. The number of methoxy groups -OCH3 is 1. The number of hydrogen-bond donors (Lipinski definition) is 1. The molecule has 1 aliphatic rings. The first-order chi connectivity index (χ1) is 8.47. The summed E-state index contributed by atoms with van der Waals surface area (Å²) in [5, 5.41) is 0. The maximum Gasteiger partial charge on any atom is 0.209 e. The van der Waals surface area contributed by atoms with Gasteiger partial charge in [0.25, 0.3) is 0 Å². The van der Waals surface area contributed by atoms with Crippen LogP contribution in [-0.4, -0.2) is 23.5 Å². The lowest BCUT2D eigenvalue weighted by Crippen LogP contribution is -2.36. The van der Waals surface area contributed by atoms with Crippen molar-refractivity contribution in [3.05, 3.63) is 42.3 Å². The second-order valence-corrected chi connectivity index (χ2v) is 5.52. The van der Waals surface area contributed by atoms with E-state index in [9.17, 15) is 0 Å². The van der Waals surface area contributed by atoms with Gasteiger partial charge in [-0.15, -0.1) is 0 Å². The van der Waals surface area contributed by atoms with Crippen LogP contribution in [0.15, 0.2) is 41.6 Å². The number of rotatable bonds is 2. The smallest absolute Gasteiger partial charge is 0.209 e. The molecule has 1 unspecified atom stereocenters. The minimum Gasteiger partial charge on any atom is -0.481 e. The summed E-state index contributed by atoms with van der Waals surface area (Å²) in [5.41, 5.74) is 0.726. The highest BCUT2D eigenvalue weighted by molar-refractivity contribution is 5.91. The molecule has 96 valence electrons. The van der Waals surface area contributed by atoms with E-state index in [1.807, 2.05) is 24.4 Å². The Hall–Kier alpha value is -1.77. The zero-order valence-corrected chi connectivity index (χ0v) is 11.4. The topological polar surface area (TPSA) is 37.4 Å². The van der Waals surface area contributed by atoms with E-state index in [2.05, 4.69) is 44.0 Å². The second-order valence-electron chi connectivity index (χ2n) is 5.52. The number of hydrogen-bond acceptors (Lipinski definition) is 2. The molecule has 0 radical (unpaired) electrons. The highest BCUT2D eigenvalue weighted by Gasteiger charge is 2.40. The van der Waals surface area contributed by atoms with Crippen molar-refractivity contribution in [1.82, 2.24) is 4.98 Å². The summed E-state index contributed by atoms with van der Waals surface area (Å²) in [6.45, 7) is 6.54. The van der Waals surface area contributed by atoms with Gasteiger partial charge in [-0.25, -0.2) is 4.99 Å². The number of nitrogens with one attached hydrogen (secondary N) is 1. The van der Waals surface area contributed by atoms with Crippen molar-refractivity contribution < 1.29 is 4.74 Å². The summed E-state index contributed by atoms with van der Waals surface area (Å²) in [6.07, 6.45) is 10.1. The molecule has 0 spiro atoms. The van der Waals surface area contributed by atoms with Gasteiger partial charge in [0.05, 0.1) is 7.11 Å². The lowest BCUT2D eigenvalue weighted by molar-refractivity contribution is 0.294. The van der Waals surface area contributed by atoms with Gasteiger partial charge in [0.15, 0.2) is 0 Å². The number of H-pyrrole nitrogens is 1. The molecule has 1 aliphatic heterocycles. The van der Waals surface area contributed by atoms with E-state index in [0.29, 0.717) is 5.90 Å². The maximum atomic E-state index is 5.22. The van der Waals surface area contributed by atoms with Crippen LogP contribution in [0.25, 0.3) is 6.08 Å². The first-order valence-corrected chi connectivity index (χ1v) is 6.12. The molecule has 1 atom stereocenters. The van der Waals surface area contributed by atoms with E-state index >= 15 is 0 Å². The standard InChI is InChI=1S/C15H20N2O/c1-14(2,3)15(10-8-13(17-15)18-4)9-7-12-6-5-11-16-12/h5-11,16H,1-4H3/b9-7+. The molecular formula is C15H20N2O. The number of nitrogens with zero attached hydrogens (tertiary/aromatic N) is 1. The molecule has 3 nitrogen and oxygen atoms in total. The van der Waals surface area contributed by atoms with Crippen LogP contribution in [0, 0.1) is 5.41 Å². The largest absolute Gasteiger partial charge is 0.481 e. The molecule has 2 rings (SSSR count). The van der Waals surface area contributed by atoms with Crippen LogP contribution >= 0.6 is 0 Å². The fourth-order valence-electron chi connectivity index (χ4n) is 1.99. The van der Waals surface area contributed by atoms with E-state index in [0.717, 1.165) is 5.69 Å². The van der Waals surface area contributed by atoms with Crippen LogP contribution in [0.3, 0.4) is 0 Å². The molecule has 0 aromatic carbocycles. The lowest BCUT2D eigenvalue weighted by Gasteiger charge is -2.35. The zero-order chi connectivity index (χ0) is 13.2. The van der Waals surface area contributed by atoms with Crippen LogP contribution < -0.4 is 0 Å². The van der Waals surface area contributed by atoms with Crippen LogP contribution in [0.5, 0.6) is 0 Å². The van der Waals surface area contributed by atoms with Crippen molar-refractivity contribution in [1.29, 1.82) is 0 Å². The van der Waals surface area contributed by atoms with Crippen LogP contribution in [-0.2, 0) is 4.74 Å². The predicted octanol–water partition coefficient (Wildman–Crippen LogP) is 3.43. The lowest BCUT2D eigenvalue weighted by atomic mass is 9.74. The number of aromatic amines is 1. The molecule has 0 saturated carbocycles. The van der Waals surface area contributed by atoms with Crippen molar-refractivity contribution in [3.8, 4) is 0 Å². The maximum absolute atomic E-state index is 5.22. The quantitative estimate of drug-likeness (QED) is 0.850. The van der Waals surface area contributed by atoms with E-state index in [1.54, 1.807) is 7.11 Å². The van der Waals surface area contributed by atoms with Crippen LogP contribution in [0.2, 0.25) is 0 Å². The van der Waals surface area contributed by atoms with Crippen molar-refractivity contribution in [3.63, 3.8) is 0 Å². The summed E-state index contributed by atoms with van der Waals surface area (Å²) in [4.78, 5) is 7.86. The number of aromatic nitrogens is 1. The summed E-state index contributed by atoms with van der Waals surface area (Å²) < 4.78 is 5.22. The third kappa shape index (κ3) is 2.26. The molecule has 1 N–H and O–H groups in total. The molecule has 0 aliphatic carbocycles. The molecule has 2 heterocycles. The van der Waals surface area contributed by atoms with Crippen LogP contribution in [0.1, 0.15) is 26.5 Å². The fourth-order valence-corrected chi connectivity index (χ4v) is 1.99. The fraction of sp³-hybridized carbons (Fsp3) is 0.400. The second kappa shape index (κ2) is 4.48. The minimum absolute atomic E-state index is 0.00707. The highest BCUT2D eigenvalue weighted by Crippen LogP contribution is 2.39. The van der Waals surface area contributed by atoms with Gasteiger partial charge in [0.1, 0.15) is 5.54 Å². The molecule has 0 fully saturated rings. The van der Waals surface area contributed by atoms with E-state index in [4.69, 9.17) is 9.73 Å². The zero-order valence-electron chi connectivity index (χ0n) is 11.4. The van der Waals surface area contributed by atoms with Gasteiger partial charge < -0.3 is 9.72 Å². The SMILES string of the molecule is COC1=NC(/C=C/c2ccc[nH]2)(C(C)(C)C)C=C1. The molecule has 1 aromatic heterocycles. The van der Waals surface area contributed by atoms with Crippen molar-refractivity contribution in [2.45, 2.75) is 26.3 Å². The van der Waals surface area contributed by atoms with Gasteiger partial charge in [0, 0.05) is 11.9 Å². The molecular weight excluding hydrogens is 224 g/mol. The van der Waals surface area contributed by atoms with Crippen LogP contribution in [0.4, 0.5) is 0 Å². The van der Waals surface area contributed by atoms with Gasteiger partial charge in [-0.05, 0) is 35.8 Å². The van der Waals surface area contributed by atoms with Gasteiger partial charge in [-0.3, -0.25) is 0 Å². The normalized spacial score (nSPS) is 23.7. The van der Waals surface area contributed by atoms with Crippen molar-refractivity contribution >= 4 is 12.0 Å². The van der Waals surface area contributed by atoms with Crippen molar-refractivity contribution in [2.75, 3.05) is 7.11 Å². The molecule has 18 heavy (non-hydrogen) atoms. The average molecular weight is 244 g/mol. The Morgan fingerprint density at radius 2 is 2.17 bits per heavy atom. The van der Waals surface area contributed by atoms with Gasteiger partial charge in [-0.1, -0.05) is 26.8 Å². The van der Waals surface area contributed by atoms with E-state index in [-0.39, 0.29) is 11.0 Å². The third-order valence-corrected chi connectivity index (χ3v) is 3.32.